The van der Waals surface area contributed by atoms with Crippen molar-refractivity contribution in [2.75, 3.05) is 38.4 Å². The van der Waals surface area contributed by atoms with Gasteiger partial charge in [0.25, 0.3) is 0 Å². The number of nitrogens with two attached hydrogens (primary N) is 1. The SMILES string of the molecule is CCCCCCO[C@H]1[C@@H](OC)O[C@H](CSCCN)[C@@H](O)[C@@H]1OCCCCCC. The summed E-state index contributed by atoms with van der Waals surface area (Å²) in [5.74, 6) is 1.50. The number of hydrogen-bond acceptors (Lipinski definition) is 7. The molecule has 3 N–H and O–H groups in total. The average Bonchev–Trinajstić information content (AvgIpc) is 2.70. The van der Waals surface area contributed by atoms with Gasteiger partial charge in [0.05, 0.1) is 6.10 Å². The van der Waals surface area contributed by atoms with Gasteiger partial charge in [-0.15, -0.1) is 0 Å². The highest BCUT2D eigenvalue weighted by Gasteiger charge is 2.46. The van der Waals surface area contributed by atoms with Gasteiger partial charge < -0.3 is 29.8 Å². The Balaban J connectivity index is 2.66. The normalized spacial score (nSPS) is 28.0. The Morgan fingerprint density at radius 3 is 2.07 bits per heavy atom. The Morgan fingerprint density at radius 1 is 0.929 bits per heavy atom. The Kier molecular flexibility index (Phi) is 15.7. The van der Waals surface area contributed by atoms with Crippen molar-refractivity contribution in [3.05, 3.63) is 0 Å². The van der Waals surface area contributed by atoms with Gasteiger partial charge >= 0.3 is 0 Å². The first-order chi connectivity index (χ1) is 13.7. The van der Waals surface area contributed by atoms with Crippen molar-refractivity contribution in [3.8, 4) is 0 Å². The van der Waals surface area contributed by atoms with Crippen LogP contribution in [0.2, 0.25) is 0 Å². The number of methoxy groups -OCH3 is 1. The molecule has 6 nitrogen and oxygen atoms in total. The van der Waals surface area contributed by atoms with E-state index < -0.39 is 24.6 Å². The molecule has 0 aromatic carbocycles. The molecular formula is C21H43NO5S. The lowest BCUT2D eigenvalue weighted by molar-refractivity contribution is -0.302. The van der Waals surface area contributed by atoms with Crippen molar-refractivity contribution in [1.29, 1.82) is 0 Å². The Labute approximate surface area is 176 Å². The molecule has 1 aliphatic rings. The second-order valence-corrected chi connectivity index (χ2v) is 8.57. The average molecular weight is 422 g/mol. The first-order valence-electron chi connectivity index (χ1n) is 11.1. The molecule has 1 aliphatic heterocycles. The second kappa shape index (κ2) is 16.9. The molecule has 7 heteroatoms. The summed E-state index contributed by atoms with van der Waals surface area (Å²) < 4.78 is 23.8. The molecule has 1 saturated heterocycles. The maximum atomic E-state index is 10.9. The van der Waals surface area contributed by atoms with Crippen LogP contribution < -0.4 is 5.73 Å². The predicted molar refractivity (Wildman–Crippen MR) is 116 cm³/mol. The van der Waals surface area contributed by atoms with Crippen LogP contribution in [0.5, 0.6) is 0 Å². The number of aliphatic hydroxyl groups is 1. The van der Waals surface area contributed by atoms with Crippen LogP contribution in [0, 0.1) is 0 Å². The highest BCUT2D eigenvalue weighted by Crippen LogP contribution is 2.29. The van der Waals surface area contributed by atoms with Crippen molar-refractivity contribution in [2.45, 2.75) is 95.9 Å². The van der Waals surface area contributed by atoms with E-state index in [1.807, 2.05) is 0 Å². The van der Waals surface area contributed by atoms with E-state index in [-0.39, 0.29) is 6.10 Å². The summed E-state index contributed by atoms with van der Waals surface area (Å²) in [6.07, 6.45) is 6.61. The molecule has 0 aromatic heterocycles. The lowest BCUT2D eigenvalue weighted by Crippen LogP contribution is -2.60. The maximum Gasteiger partial charge on any atom is 0.186 e. The van der Waals surface area contributed by atoms with E-state index in [1.54, 1.807) is 18.9 Å². The van der Waals surface area contributed by atoms with E-state index in [0.29, 0.717) is 25.5 Å². The molecule has 1 heterocycles. The Hall–Kier alpha value is 0.110. The fourth-order valence-electron chi connectivity index (χ4n) is 3.36. The number of ether oxygens (including phenoxy) is 4. The van der Waals surface area contributed by atoms with Gasteiger partial charge in [0.15, 0.2) is 6.29 Å². The van der Waals surface area contributed by atoms with Crippen LogP contribution in [-0.4, -0.2) is 74.2 Å². The van der Waals surface area contributed by atoms with Gasteiger partial charge in [-0.1, -0.05) is 52.4 Å². The van der Waals surface area contributed by atoms with Gasteiger partial charge in [-0.2, -0.15) is 11.8 Å². The third-order valence-corrected chi connectivity index (χ3v) is 6.10. The van der Waals surface area contributed by atoms with E-state index in [0.717, 1.165) is 31.4 Å². The molecule has 0 radical (unpaired) electrons. The van der Waals surface area contributed by atoms with E-state index in [4.69, 9.17) is 24.7 Å². The summed E-state index contributed by atoms with van der Waals surface area (Å²) in [4.78, 5) is 0. The van der Waals surface area contributed by atoms with Gasteiger partial charge in [-0.25, -0.2) is 0 Å². The largest absolute Gasteiger partial charge is 0.388 e. The molecule has 5 atom stereocenters. The fraction of sp³-hybridized carbons (Fsp3) is 1.00. The van der Waals surface area contributed by atoms with Crippen molar-refractivity contribution < 1.29 is 24.1 Å². The molecule has 28 heavy (non-hydrogen) atoms. The lowest BCUT2D eigenvalue weighted by atomic mass is 9.99. The molecular weight excluding hydrogens is 378 g/mol. The van der Waals surface area contributed by atoms with E-state index in [9.17, 15) is 5.11 Å². The molecule has 0 aromatic rings. The molecule has 0 amide bonds. The predicted octanol–water partition coefficient (Wildman–Crippen LogP) is 3.34. The summed E-state index contributed by atoms with van der Waals surface area (Å²) >= 11 is 1.68. The summed E-state index contributed by atoms with van der Waals surface area (Å²) in [5.41, 5.74) is 5.58. The number of aliphatic hydroxyl groups excluding tert-OH is 1. The smallest absolute Gasteiger partial charge is 0.186 e. The first-order valence-corrected chi connectivity index (χ1v) is 12.2. The zero-order valence-electron chi connectivity index (χ0n) is 18.1. The second-order valence-electron chi connectivity index (χ2n) is 7.42. The standard InChI is InChI=1S/C21H43NO5S/c1-4-6-8-10-13-25-19-18(23)17(16-28-15-12-22)27-21(24-3)20(19)26-14-11-9-7-5-2/h17-21,23H,4-16,22H2,1-3H3/t17-,18-,19+,20-,21+/m1/s1. The summed E-state index contributed by atoms with van der Waals surface area (Å²) in [6.45, 7) is 6.25. The number of hydrogen-bond donors (Lipinski definition) is 2. The third kappa shape index (κ3) is 9.74. The fourth-order valence-corrected chi connectivity index (χ4v) is 4.21. The minimum absolute atomic E-state index is 0.345. The molecule has 0 bridgehead atoms. The topological polar surface area (TPSA) is 83.2 Å². The number of rotatable bonds is 17. The molecule has 1 rings (SSSR count). The van der Waals surface area contributed by atoms with Gasteiger partial charge in [-0.3, -0.25) is 0 Å². The van der Waals surface area contributed by atoms with E-state index in [1.165, 1.54) is 25.7 Å². The van der Waals surface area contributed by atoms with Crippen molar-refractivity contribution in [3.63, 3.8) is 0 Å². The van der Waals surface area contributed by atoms with Crippen LogP contribution in [0.25, 0.3) is 0 Å². The number of unbranched alkanes of at least 4 members (excludes halogenated alkanes) is 6. The molecule has 0 saturated carbocycles. The van der Waals surface area contributed by atoms with E-state index in [2.05, 4.69) is 13.8 Å². The number of thioether (sulfide) groups is 1. The third-order valence-electron chi connectivity index (χ3n) is 5.01. The molecule has 0 unspecified atom stereocenters. The molecule has 0 spiro atoms. The summed E-state index contributed by atoms with van der Waals surface area (Å²) in [6, 6.07) is 0. The van der Waals surface area contributed by atoms with Crippen LogP contribution in [-0.2, 0) is 18.9 Å². The molecule has 168 valence electrons. The van der Waals surface area contributed by atoms with Crippen LogP contribution in [0.15, 0.2) is 0 Å². The zero-order valence-corrected chi connectivity index (χ0v) is 19.0. The Morgan fingerprint density at radius 2 is 1.54 bits per heavy atom. The minimum Gasteiger partial charge on any atom is -0.388 e. The highest BCUT2D eigenvalue weighted by atomic mass is 32.2. The maximum absolute atomic E-state index is 10.9. The van der Waals surface area contributed by atoms with Gasteiger partial charge in [-0.05, 0) is 12.8 Å². The van der Waals surface area contributed by atoms with Gasteiger partial charge in [0, 0.05) is 38.4 Å². The quantitative estimate of drug-likeness (QED) is 0.349. The van der Waals surface area contributed by atoms with Gasteiger partial charge in [0.2, 0.25) is 0 Å². The van der Waals surface area contributed by atoms with E-state index >= 15 is 0 Å². The van der Waals surface area contributed by atoms with Crippen molar-refractivity contribution in [1.82, 2.24) is 0 Å². The molecule has 0 aliphatic carbocycles. The summed E-state index contributed by atoms with van der Waals surface area (Å²) in [7, 11) is 1.62. The lowest BCUT2D eigenvalue weighted by Gasteiger charge is -2.43. The first kappa shape index (κ1) is 26.1. The monoisotopic (exact) mass is 421 g/mol. The van der Waals surface area contributed by atoms with Crippen LogP contribution in [0.3, 0.4) is 0 Å². The van der Waals surface area contributed by atoms with Crippen LogP contribution >= 0.6 is 11.8 Å². The van der Waals surface area contributed by atoms with Crippen molar-refractivity contribution in [2.24, 2.45) is 5.73 Å². The zero-order chi connectivity index (χ0) is 20.6. The minimum atomic E-state index is -0.733. The molecule has 1 fully saturated rings. The summed E-state index contributed by atoms with van der Waals surface area (Å²) in [5, 5.41) is 10.9. The van der Waals surface area contributed by atoms with Gasteiger partial charge in [0.1, 0.15) is 18.3 Å². The van der Waals surface area contributed by atoms with Crippen molar-refractivity contribution >= 4 is 11.8 Å². The van der Waals surface area contributed by atoms with Crippen LogP contribution in [0.1, 0.15) is 65.2 Å². The highest BCUT2D eigenvalue weighted by molar-refractivity contribution is 7.99. The Bertz CT molecular complexity index is 364. The van der Waals surface area contributed by atoms with Crippen LogP contribution in [0.4, 0.5) is 0 Å².